The average Bonchev–Trinajstić information content (AvgIpc) is 3.25. The fourth-order valence-corrected chi connectivity index (χ4v) is 3.95. The predicted molar refractivity (Wildman–Crippen MR) is 125 cm³/mol. The number of hydrogen-bond donors (Lipinski definition) is 1. The first-order valence-corrected chi connectivity index (χ1v) is 10.8. The number of allylic oxidation sites excluding steroid dienone is 2. The van der Waals surface area contributed by atoms with Gasteiger partial charge in [0.1, 0.15) is 24.7 Å². The molecule has 0 saturated heterocycles. The fraction of sp³-hybridized carbons (Fsp3) is 0.200. The molecule has 0 fully saturated rings. The zero-order chi connectivity index (χ0) is 23.3. The van der Waals surface area contributed by atoms with Gasteiger partial charge in [-0.1, -0.05) is 53.4 Å². The lowest BCUT2D eigenvalue weighted by atomic mass is 9.83. The molecular weight excluding hydrogens is 474 g/mol. The van der Waals surface area contributed by atoms with Crippen LogP contribution in [0.5, 0.6) is 0 Å². The molecule has 32 heavy (non-hydrogen) atoms. The minimum absolute atomic E-state index is 0.0444. The third kappa shape index (κ3) is 4.94. The second-order valence-electron chi connectivity index (χ2n) is 7.12. The van der Waals surface area contributed by atoms with Crippen LogP contribution in [0.3, 0.4) is 0 Å². The van der Waals surface area contributed by atoms with Gasteiger partial charge in [0.25, 0.3) is 0 Å². The van der Waals surface area contributed by atoms with E-state index in [1.807, 2.05) is 30.3 Å². The van der Waals surface area contributed by atoms with Gasteiger partial charge < -0.3 is 19.2 Å². The topological polar surface area (TPSA) is 77.8 Å². The van der Waals surface area contributed by atoms with E-state index >= 15 is 0 Å². The van der Waals surface area contributed by atoms with Gasteiger partial charge in [-0.25, -0.2) is 9.59 Å². The van der Waals surface area contributed by atoms with Crippen molar-refractivity contribution in [3.05, 3.63) is 94.5 Å². The normalized spacial score (nSPS) is 14.1. The Morgan fingerprint density at radius 2 is 1.62 bits per heavy atom. The fourth-order valence-electron chi connectivity index (χ4n) is 3.55. The van der Waals surface area contributed by atoms with Crippen LogP contribution in [0.2, 0.25) is 0 Å². The molecule has 2 aromatic rings. The average molecular weight is 498 g/mol. The molecule has 1 aliphatic heterocycles. The van der Waals surface area contributed by atoms with Crippen LogP contribution in [0.25, 0.3) is 11.3 Å². The molecule has 0 aliphatic carbocycles. The molecule has 1 aliphatic rings. The third-order valence-corrected chi connectivity index (χ3v) is 5.38. The van der Waals surface area contributed by atoms with Gasteiger partial charge in [0, 0.05) is 21.4 Å². The number of nitrogens with one attached hydrogen (secondary N) is 1. The van der Waals surface area contributed by atoms with Gasteiger partial charge in [-0.15, -0.1) is 0 Å². The SMILES string of the molecule is C=CCOC(=O)C1=C(C)NC(C)=C(C(=O)OCC=C)C1c1ccc(-c2cccc(Br)c2)o1. The maximum Gasteiger partial charge on any atom is 0.337 e. The van der Waals surface area contributed by atoms with Gasteiger partial charge >= 0.3 is 11.9 Å². The highest BCUT2D eigenvalue weighted by Gasteiger charge is 2.39. The van der Waals surface area contributed by atoms with Crippen LogP contribution in [-0.2, 0) is 19.1 Å². The van der Waals surface area contributed by atoms with E-state index in [9.17, 15) is 9.59 Å². The molecular formula is C25H24BrNO5. The molecule has 1 aromatic carbocycles. The van der Waals surface area contributed by atoms with E-state index in [0.29, 0.717) is 22.9 Å². The summed E-state index contributed by atoms with van der Waals surface area (Å²) in [4.78, 5) is 25.9. The number of furan rings is 1. The van der Waals surface area contributed by atoms with Crippen molar-refractivity contribution in [2.45, 2.75) is 19.8 Å². The Labute approximate surface area is 195 Å². The van der Waals surface area contributed by atoms with E-state index < -0.39 is 17.9 Å². The summed E-state index contributed by atoms with van der Waals surface area (Å²) in [7, 11) is 0. The molecule has 0 radical (unpaired) electrons. The molecule has 6 nitrogen and oxygen atoms in total. The molecule has 166 valence electrons. The number of ether oxygens (including phenoxy) is 2. The summed E-state index contributed by atoms with van der Waals surface area (Å²) in [6.07, 6.45) is 2.97. The van der Waals surface area contributed by atoms with E-state index in [0.717, 1.165) is 10.0 Å². The predicted octanol–water partition coefficient (Wildman–Crippen LogP) is 5.40. The first kappa shape index (κ1) is 23.3. The van der Waals surface area contributed by atoms with Crippen LogP contribution in [0.15, 0.2) is 93.1 Å². The Morgan fingerprint density at radius 1 is 1.03 bits per heavy atom. The molecule has 0 spiro atoms. The second kappa shape index (κ2) is 10.3. The molecule has 0 bridgehead atoms. The van der Waals surface area contributed by atoms with Gasteiger partial charge in [-0.05, 0) is 38.1 Å². The van der Waals surface area contributed by atoms with Crippen LogP contribution >= 0.6 is 15.9 Å². The first-order valence-electron chi connectivity index (χ1n) is 9.97. The standard InChI is InChI=1S/C25H24BrNO5/c1-5-12-30-24(28)21-15(3)27-16(4)22(25(29)31-13-6-2)23(21)20-11-10-19(32-20)17-8-7-9-18(26)14-17/h5-11,14,23,27H,1-2,12-13H2,3-4H3. The van der Waals surface area contributed by atoms with Crippen LogP contribution in [0.1, 0.15) is 25.5 Å². The summed E-state index contributed by atoms with van der Waals surface area (Å²) in [6.45, 7) is 10.8. The van der Waals surface area contributed by atoms with Crippen LogP contribution in [0, 0.1) is 0 Å². The zero-order valence-electron chi connectivity index (χ0n) is 17.9. The Bertz CT molecular complexity index is 1080. The lowest BCUT2D eigenvalue weighted by Crippen LogP contribution is -2.32. The highest BCUT2D eigenvalue weighted by Crippen LogP contribution is 2.41. The van der Waals surface area contributed by atoms with E-state index in [-0.39, 0.29) is 24.4 Å². The highest BCUT2D eigenvalue weighted by atomic mass is 79.9. The monoisotopic (exact) mass is 497 g/mol. The van der Waals surface area contributed by atoms with Gasteiger partial charge in [-0.2, -0.15) is 0 Å². The number of carbonyl (C=O) groups excluding carboxylic acids is 2. The number of rotatable bonds is 8. The number of hydrogen-bond acceptors (Lipinski definition) is 6. The van der Waals surface area contributed by atoms with Gasteiger partial charge in [0.05, 0.1) is 17.1 Å². The lowest BCUT2D eigenvalue weighted by Gasteiger charge is -2.29. The molecule has 3 rings (SSSR count). The van der Waals surface area contributed by atoms with Crippen LogP contribution in [0.4, 0.5) is 0 Å². The van der Waals surface area contributed by atoms with Crippen molar-refractivity contribution in [3.8, 4) is 11.3 Å². The van der Waals surface area contributed by atoms with Crippen LogP contribution < -0.4 is 5.32 Å². The summed E-state index contributed by atoms with van der Waals surface area (Å²) in [5.41, 5.74) is 2.55. The minimum atomic E-state index is -0.799. The Hall–Kier alpha value is -3.32. The number of benzene rings is 1. The molecule has 1 N–H and O–H groups in total. The summed E-state index contributed by atoms with van der Waals surface area (Å²) in [5, 5.41) is 3.10. The van der Waals surface area contributed by atoms with Crippen molar-refractivity contribution in [2.24, 2.45) is 0 Å². The Morgan fingerprint density at radius 3 is 2.16 bits per heavy atom. The van der Waals surface area contributed by atoms with Crippen molar-refractivity contribution in [3.63, 3.8) is 0 Å². The summed E-state index contributed by atoms with van der Waals surface area (Å²) < 4.78 is 17.7. The van der Waals surface area contributed by atoms with Crippen molar-refractivity contribution in [2.75, 3.05) is 13.2 Å². The van der Waals surface area contributed by atoms with E-state index in [4.69, 9.17) is 13.9 Å². The maximum atomic E-state index is 13.0. The number of dihydropyridines is 1. The molecule has 0 atom stereocenters. The third-order valence-electron chi connectivity index (χ3n) is 4.89. The largest absolute Gasteiger partial charge is 0.460 e. The molecule has 0 amide bonds. The van der Waals surface area contributed by atoms with Gasteiger partial charge in [-0.3, -0.25) is 0 Å². The molecule has 0 unspecified atom stereocenters. The molecule has 1 aromatic heterocycles. The van der Waals surface area contributed by atoms with Crippen molar-refractivity contribution >= 4 is 27.9 Å². The number of carbonyl (C=O) groups is 2. The van der Waals surface area contributed by atoms with Gasteiger partial charge in [0.15, 0.2) is 0 Å². The summed E-state index contributed by atoms with van der Waals surface area (Å²) in [6, 6.07) is 11.2. The van der Waals surface area contributed by atoms with Gasteiger partial charge in [0.2, 0.25) is 0 Å². The lowest BCUT2D eigenvalue weighted by molar-refractivity contribution is -0.139. The number of halogens is 1. The van der Waals surface area contributed by atoms with E-state index in [1.165, 1.54) is 12.2 Å². The highest BCUT2D eigenvalue weighted by molar-refractivity contribution is 9.10. The number of esters is 2. The van der Waals surface area contributed by atoms with Crippen molar-refractivity contribution in [1.82, 2.24) is 5.32 Å². The minimum Gasteiger partial charge on any atom is -0.460 e. The Balaban J connectivity index is 2.10. The Kier molecular flexibility index (Phi) is 7.53. The van der Waals surface area contributed by atoms with Crippen molar-refractivity contribution in [1.29, 1.82) is 0 Å². The smallest absolute Gasteiger partial charge is 0.337 e. The zero-order valence-corrected chi connectivity index (χ0v) is 19.5. The van der Waals surface area contributed by atoms with E-state index in [1.54, 1.807) is 19.9 Å². The summed E-state index contributed by atoms with van der Waals surface area (Å²) in [5.74, 6) is -0.903. The molecule has 0 saturated carbocycles. The molecule has 7 heteroatoms. The summed E-state index contributed by atoms with van der Waals surface area (Å²) >= 11 is 3.46. The van der Waals surface area contributed by atoms with E-state index in [2.05, 4.69) is 34.4 Å². The van der Waals surface area contributed by atoms with Crippen LogP contribution in [-0.4, -0.2) is 25.2 Å². The second-order valence-corrected chi connectivity index (χ2v) is 8.04. The maximum absolute atomic E-state index is 13.0. The van der Waals surface area contributed by atoms with Crippen molar-refractivity contribution < 1.29 is 23.5 Å². The first-order chi connectivity index (χ1) is 15.4. The molecule has 2 heterocycles. The quantitative estimate of drug-likeness (QED) is 0.388.